The van der Waals surface area contributed by atoms with Crippen molar-refractivity contribution in [3.8, 4) is 17.6 Å². The summed E-state index contributed by atoms with van der Waals surface area (Å²) < 4.78 is 39.8. The molecule has 0 aliphatic heterocycles. The highest BCUT2D eigenvalue weighted by molar-refractivity contribution is 7.92. The van der Waals surface area contributed by atoms with Crippen LogP contribution in [0.1, 0.15) is 31.0 Å². The number of hydrogen-bond donors (Lipinski definition) is 1. The van der Waals surface area contributed by atoms with E-state index in [1.165, 1.54) is 31.2 Å². The Morgan fingerprint density at radius 3 is 2.36 bits per heavy atom. The number of sulfonamides is 1. The molecule has 0 spiro atoms. The molecule has 1 N–H and O–H groups in total. The third-order valence-electron chi connectivity index (χ3n) is 3.58. The third-order valence-corrected chi connectivity index (χ3v) is 5.06. The number of aromatic nitrogens is 2. The quantitative estimate of drug-likeness (QED) is 0.844. The Kier molecular flexibility index (Phi) is 5.23. The molecule has 9 heteroatoms. The maximum Gasteiger partial charge on any atom is 0.263 e. The zero-order chi connectivity index (χ0) is 18.8. The molecule has 1 heterocycles. The summed E-state index contributed by atoms with van der Waals surface area (Å²) in [5.41, 5.74) is 0.627. The van der Waals surface area contributed by atoms with Crippen LogP contribution >= 0.6 is 0 Å². The van der Waals surface area contributed by atoms with Gasteiger partial charge in [-0.1, -0.05) is 0 Å². The average molecular weight is 364 g/mol. The molecule has 0 fully saturated rings. The standard InChI is InChI=1S/C16H20N4O4S/c1-10(2)20-9-12(8-17)16(18-20)19-25(21,22)15-7-14(24-5)13(23-4)6-11(15)3/h6-7,9-10H,1-5H3,(H,18,19). The molecule has 1 aromatic heterocycles. The zero-order valence-corrected chi connectivity index (χ0v) is 15.5. The van der Waals surface area contributed by atoms with Gasteiger partial charge in [-0.3, -0.25) is 9.40 Å². The van der Waals surface area contributed by atoms with Crippen LogP contribution in [0.15, 0.2) is 23.2 Å². The number of nitrogens with zero attached hydrogens (tertiary/aromatic N) is 3. The van der Waals surface area contributed by atoms with Crippen molar-refractivity contribution in [1.82, 2.24) is 9.78 Å². The lowest BCUT2D eigenvalue weighted by Gasteiger charge is -2.13. The average Bonchev–Trinajstić information content (AvgIpc) is 2.96. The van der Waals surface area contributed by atoms with Crippen LogP contribution in [0, 0.1) is 18.3 Å². The fourth-order valence-electron chi connectivity index (χ4n) is 2.25. The molecule has 8 nitrogen and oxygen atoms in total. The first-order chi connectivity index (χ1) is 11.7. The van der Waals surface area contributed by atoms with E-state index < -0.39 is 10.0 Å². The molecule has 0 aliphatic rings. The van der Waals surface area contributed by atoms with Crippen molar-refractivity contribution in [2.24, 2.45) is 0 Å². The molecule has 25 heavy (non-hydrogen) atoms. The van der Waals surface area contributed by atoms with Gasteiger partial charge in [0.15, 0.2) is 17.3 Å². The van der Waals surface area contributed by atoms with Crippen LogP contribution in [-0.2, 0) is 10.0 Å². The van der Waals surface area contributed by atoms with Gasteiger partial charge in [0.2, 0.25) is 0 Å². The van der Waals surface area contributed by atoms with Gasteiger partial charge in [0, 0.05) is 18.3 Å². The van der Waals surface area contributed by atoms with E-state index in [2.05, 4.69) is 9.82 Å². The van der Waals surface area contributed by atoms with E-state index in [9.17, 15) is 13.7 Å². The van der Waals surface area contributed by atoms with E-state index in [0.29, 0.717) is 17.1 Å². The summed E-state index contributed by atoms with van der Waals surface area (Å²) in [4.78, 5) is 0.0214. The summed E-state index contributed by atoms with van der Waals surface area (Å²) >= 11 is 0. The molecule has 2 rings (SSSR count). The minimum absolute atomic E-state index is 0.00632. The molecule has 0 unspecified atom stereocenters. The Bertz CT molecular complexity index is 926. The van der Waals surface area contributed by atoms with Gasteiger partial charge in [0.05, 0.1) is 19.1 Å². The van der Waals surface area contributed by atoms with Crippen molar-refractivity contribution in [1.29, 1.82) is 5.26 Å². The number of benzene rings is 1. The first-order valence-electron chi connectivity index (χ1n) is 7.48. The van der Waals surface area contributed by atoms with Gasteiger partial charge in [0.25, 0.3) is 10.0 Å². The largest absolute Gasteiger partial charge is 0.493 e. The van der Waals surface area contributed by atoms with Crippen molar-refractivity contribution < 1.29 is 17.9 Å². The van der Waals surface area contributed by atoms with E-state index in [1.54, 1.807) is 13.0 Å². The Hall–Kier alpha value is -2.73. The first kappa shape index (κ1) is 18.6. The van der Waals surface area contributed by atoms with Crippen molar-refractivity contribution in [3.63, 3.8) is 0 Å². The van der Waals surface area contributed by atoms with Crippen molar-refractivity contribution in [2.45, 2.75) is 31.7 Å². The molecule has 2 aromatic rings. The van der Waals surface area contributed by atoms with Crippen molar-refractivity contribution >= 4 is 15.8 Å². The van der Waals surface area contributed by atoms with E-state index in [-0.39, 0.29) is 22.3 Å². The summed E-state index contributed by atoms with van der Waals surface area (Å²) in [5.74, 6) is 0.716. The SMILES string of the molecule is COc1cc(C)c(S(=O)(=O)Nc2nn(C(C)C)cc2C#N)cc1OC. The number of nitriles is 1. The maximum absolute atomic E-state index is 12.8. The molecule has 0 saturated carbocycles. The Labute approximate surface area is 147 Å². The Balaban J connectivity index is 2.49. The lowest BCUT2D eigenvalue weighted by atomic mass is 10.2. The summed E-state index contributed by atoms with van der Waals surface area (Å²) in [5, 5.41) is 13.4. The summed E-state index contributed by atoms with van der Waals surface area (Å²) in [6, 6.07) is 4.89. The minimum atomic E-state index is -3.96. The molecule has 134 valence electrons. The second kappa shape index (κ2) is 7.03. The normalized spacial score (nSPS) is 11.2. The molecular formula is C16H20N4O4S. The van der Waals surface area contributed by atoms with Gasteiger partial charge < -0.3 is 9.47 Å². The zero-order valence-electron chi connectivity index (χ0n) is 14.7. The molecule has 0 aliphatic carbocycles. The number of anilines is 1. The molecule has 0 amide bonds. The fourth-order valence-corrected chi connectivity index (χ4v) is 3.51. The molecule has 0 atom stereocenters. The number of ether oxygens (including phenoxy) is 2. The topological polar surface area (TPSA) is 106 Å². The van der Waals surface area contributed by atoms with Crippen molar-refractivity contribution in [3.05, 3.63) is 29.5 Å². The van der Waals surface area contributed by atoms with Crippen LogP contribution in [0.2, 0.25) is 0 Å². The van der Waals surface area contributed by atoms with Crippen LogP contribution in [0.5, 0.6) is 11.5 Å². The highest BCUT2D eigenvalue weighted by Crippen LogP contribution is 2.33. The highest BCUT2D eigenvalue weighted by atomic mass is 32.2. The first-order valence-corrected chi connectivity index (χ1v) is 8.96. The number of rotatable bonds is 6. The van der Waals surface area contributed by atoms with Gasteiger partial charge in [-0.05, 0) is 32.4 Å². The van der Waals surface area contributed by atoms with Crippen LogP contribution in [-0.4, -0.2) is 32.4 Å². The molecular weight excluding hydrogens is 344 g/mol. The minimum Gasteiger partial charge on any atom is -0.493 e. The lowest BCUT2D eigenvalue weighted by molar-refractivity contribution is 0.353. The lowest BCUT2D eigenvalue weighted by Crippen LogP contribution is -2.16. The Morgan fingerprint density at radius 1 is 1.24 bits per heavy atom. The van der Waals surface area contributed by atoms with E-state index in [4.69, 9.17) is 9.47 Å². The number of nitrogens with one attached hydrogen (secondary N) is 1. The smallest absolute Gasteiger partial charge is 0.263 e. The number of hydrogen-bond acceptors (Lipinski definition) is 6. The van der Waals surface area contributed by atoms with E-state index in [0.717, 1.165) is 0 Å². The van der Waals surface area contributed by atoms with Crippen LogP contribution in [0.25, 0.3) is 0 Å². The third kappa shape index (κ3) is 3.69. The molecule has 1 aromatic carbocycles. The van der Waals surface area contributed by atoms with Crippen LogP contribution in [0.4, 0.5) is 5.82 Å². The fraction of sp³-hybridized carbons (Fsp3) is 0.375. The van der Waals surface area contributed by atoms with Gasteiger partial charge >= 0.3 is 0 Å². The summed E-state index contributed by atoms with van der Waals surface area (Å²) in [7, 11) is -1.06. The molecule has 0 saturated heterocycles. The van der Waals surface area contributed by atoms with Gasteiger partial charge in [-0.2, -0.15) is 10.4 Å². The van der Waals surface area contributed by atoms with Crippen molar-refractivity contribution in [2.75, 3.05) is 18.9 Å². The highest BCUT2D eigenvalue weighted by Gasteiger charge is 2.23. The van der Waals surface area contributed by atoms with Gasteiger partial charge in [-0.25, -0.2) is 8.42 Å². The maximum atomic E-state index is 12.8. The second-order valence-corrected chi connectivity index (χ2v) is 7.31. The van der Waals surface area contributed by atoms with Gasteiger partial charge in [0.1, 0.15) is 11.6 Å². The van der Waals surface area contributed by atoms with E-state index >= 15 is 0 Å². The molecule has 0 radical (unpaired) electrons. The predicted molar refractivity (Wildman–Crippen MR) is 92.4 cm³/mol. The van der Waals surface area contributed by atoms with Gasteiger partial charge in [-0.15, -0.1) is 0 Å². The number of aryl methyl sites for hydroxylation is 1. The molecule has 0 bridgehead atoms. The summed E-state index contributed by atoms with van der Waals surface area (Å²) in [6.45, 7) is 5.41. The summed E-state index contributed by atoms with van der Waals surface area (Å²) in [6.07, 6.45) is 1.50. The van der Waals surface area contributed by atoms with Crippen LogP contribution < -0.4 is 14.2 Å². The van der Waals surface area contributed by atoms with Crippen LogP contribution in [0.3, 0.4) is 0 Å². The Morgan fingerprint density at radius 2 is 1.84 bits per heavy atom. The number of methoxy groups -OCH3 is 2. The predicted octanol–water partition coefficient (Wildman–Crippen LogP) is 2.46. The second-order valence-electron chi connectivity index (χ2n) is 5.66. The monoisotopic (exact) mass is 364 g/mol. The van der Waals surface area contributed by atoms with E-state index in [1.807, 2.05) is 19.9 Å².